The molecule has 0 fully saturated rings. The Labute approximate surface area is 72.9 Å². The van der Waals surface area contributed by atoms with Gasteiger partial charge < -0.3 is 5.11 Å². The van der Waals surface area contributed by atoms with E-state index in [9.17, 15) is 4.79 Å². The number of hydrogen-bond acceptors (Lipinski definition) is 1. The van der Waals surface area contributed by atoms with E-state index in [-0.39, 0.29) is 0 Å². The van der Waals surface area contributed by atoms with Gasteiger partial charge in [0, 0.05) is 5.57 Å². The van der Waals surface area contributed by atoms with Crippen LogP contribution in [0, 0.1) is 0 Å². The van der Waals surface area contributed by atoms with E-state index >= 15 is 0 Å². The minimum Gasteiger partial charge on any atom is -0.478 e. The molecule has 0 aromatic heterocycles. The average molecular weight is 166 g/mol. The Hall–Kier alpha value is -1.31. The lowest BCUT2D eigenvalue weighted by Gasteiger charge is -1.88. The predicted octanol–water partition coefficient (Wildman–Crippen LogP) is 2.54. The molecule has 0 spiro atoms. The molecule has 0 rings (SSSR count). The summed E-state index contributed by atoms with van der Waals surface area (Å²) in [7, 11) is 0. The lowest BCUT2D eigenvalue weighted by Crippen LogP contribution is -1.94. The molecule has 2 heteroatoms. The normalized spacial score (nSPS) is 13.0. The van der Waals surface area contributed by atoms with Gasteiger partial charge in [0.2, 0.25) is 0 Å². The van der Waals surface area contributed by atoms with E-state index in [1.54, 1.807) is 13.0 Å². The zero-order valence-electron chi connectivity index (χ0n) is 7.45. The molecular formula is C10H14O2. The Bertz CT molecular complexity index is 222. The van der Waals surface area contributed by atoms with E-state index in [1.807, 2.05) is 31.2 Å². The van der Waals surface area contributed by atoms with Crippen LogP contribution in [0.3, 0.4) is 0 Å². The molecule has 0 radical (unpaired) electrons. The molecule has 0 saturated carbocycles. The van der Waals surface area contributed by atoms with Gasteiger partial charge in [0.25, 0.3) is 0 Å². The Balaban J connectivity index is 3.82. The average Bonchev–Trinajstić information content (AvgIpc) is 2.03. The van der Waals surface area contributed by atoms with Crippen molar-refractivity contribution in [3.63, 3.8) is 0 Å². The van der Waals surface area contributed by atoms with Crippen LogP contribution >= 0.6 is 0 Å². The third-order valence-corrected chi connectivity index (χ3v) is 1.34. The minimum atomic E-state index is -0.852. The van der Waals surface area contributed by atoms with Crippen LogP contribution in [0.2, 0.25) is 0 Å². The molecule has 0 atom stereocenters. The van der Waals surface area contributed by atoms with Crippen molar-refractivity contribution in [3.8, 4) is 0 Å². The molecule has 0 unspecified atom stereocenters. The van der Waals surface area contributed by atoms with E-state index in [1.165, 1.54) is 0 Å². The van der Waals surface area contributed by atoms with Crippen LogP contribution in [0.1, 0.15) is 20.3 Å². The highest BCUT2D eigenvalue weighted by Crippen LogP contribution is 1.96. The topological polar surface area (TPSA) is 37.3 Å². The van der Waals surface area contributed by atoms with Crippen LogP contribution in [-0.4, -0.2) is 11.1 Å². The zero-order chi connectivity index (χ0) is 9.40. The quantitative estimate of drug-likeness (QED) is 0.514. The van der Waals surface area contributed by atoms with Crippen molar-refractivity contribution >= 4 is 5.97 Å². The van der Waals surface area contributed by atoms with Gasteiger partial charge in [-0.2, -0.15) is 0 Å². The van der Waals surface area contributed by atoms with Crippen LogP contribution in [0.25, 0.3) is 0 Å². The molecule has 0 aliphatic carbocycles. The second kappa shape index (κ2) is 6.40. The summed E-state index contributed by atoms with van der Waals surface area (Å²) in [6.45, 7) is 3.52. The lowest BCUT2D eigenvalue weighted by atomic mass is 10.2. The summed E-state index contributed by atoms with van der Waals surface area (Å²) in [6.07, 6.45) is 9.98. The van der Waals surface area contributed by atoms with E-state index in [0.29, 0.717) is 12.0 Å². The van der Waals surface area contributed by atoms with Crippen molar-refractivity contribution in [2.45, 2.75) is 20.3 Å². The number of carbonyl (C=O) groups is 1. The maximum Gasteiger partial charge on any atom is 0.330 e. The molecule has 0 heterocycles. The van der Waals surface area contributed by atoms with Crippen molar-refractivity contribution in [1.29, 1.82) is 0 Å². The third-order valence-electron chi connectivity index (χ3n) is 1.34. The summed E-state index contributed by atoms with van der Waals surface area (Å²) in [6, 6.07) is 0. The molecule has 0 aromatic carbocycles. The van der Waals surface area contributed by atoms with E-state index < -0.39 is 5.97 Å². The summed E-state index contributed by atoms with van der Waals surface area (Å²) in [5.41, 5.74) is 0.389. The standard InChI is InChI=1S/C10H14O2/c1-3-4-5-6-7-8-9(2)10(11)12/h3-6,8H,7H2,1-2H3,(H,11,12)/b4-3+,6-5+,9-8+. The fourth-order valence-corrected chi connectivity index (χ4v) is 0.600. The van der Waals surface area contributed by atoms with Gasteiger partial charge in [-0.15, -0.1) is 0 Å². The first kappa shape index (κ1) is 10.7. The molecule has 2 nitrogen and oxygen atoms in total. The molecule has 0 aromatic rings. The predicted molar refractivity (Wildman–Crippen MR) is 50.0 cm³/mol. The van der Waals surface area contributed by atoms with Gasteiger partial charge in [-0.25, -0.2) is 4.79 Å². The van der Waals surface area contributed by atoms with Crippen molar-refractivity contribution in [2.24, 2.45) is 0 Å². The van der Waals surface area contributed by atoms with E-state index in [2.05, 4.69) is 0 Å². The lowest BCUT2D eigenvalue weighted by molar-refractivity contribution is -0.132. The highest BCUT2D eigenvalue weighted by atomic mass is 16.4. The summed E-state index contributed by atoms with van der Waals surface area (Å²) in [5.74, 6) is -0.852. The van der Waals surface area contributed by atoms with Gasteiger partial charge >= 0.3 is 5.97 Å². The van der Waals surface area contributed by atoms with Gasteiger partial charge in [0.1, 0.15) is 0 Å². The molecule has 66 valence electrons. The molecule has 0 saturated heterocycles. The van der Waals surface area contributed by atoms with Crippen LogP contribution in [0.15, 0.2) is 36.0 Å². The SMILES string of the molecule is C/C=C/C=C/C/C=C(\C)C(=O)O. The van der Waals surface area contributed by atoms with Gasteiger partial charge in [0.15, 0.2) is 0 Å². The molecule has 0 aliphatic heterocycles. The smallest absolute Gasteiger partial charge is 0.330 e. The fraction of sp³-hybridized carbons (Fsp3) is 0.300. The summed E-state index contributed by atoms with van der Waals surface area (Å²) >= 11 is 0. The molecule has 0 aliphatic rings. The van der Waals surface area contributed by atoms with Crippen LogP contribution in [0.4, 0.5) is 0 Å². The first-order valence-electron chi connectivity index (χ1n) is 3.86. The Kier molecular flexibility index (Phi) is 5.70. The van der Waals surface area contributed by atoms with Crippen molar-refractivity contribution in [3.05, 3.63) is 36.0 Å². The molecule has 1 N–H and O–H groups in total. The van der Waals surface area contributed by atoms with Crippen molar-refractivity contribution in [1.82, 2.24) is 0 Å². The van der Waals surface area contributed by atoms with Crippen LogP contribution < -0.4 is 0 Å². The molecule has 12 heavy (non-hydrogen) atoms. The first-order chi connectivity index (χ1) is 5.68. The highest BCUT2D eigenvalue weighted by Gasteiger charge is 1.95. The monoisotopic (exact) mass is 166 g/mol. The fourth-order valence-electron chi connectivity index (χ4n) is 0.600. The van der Waals surface area contributed by atoms with Gasteiger partial charge in [-0.1, -0.05) is 30.4 Å². The Morgan fingerprint density at radius 3 is 2.58 bits per heavy atom. The highest BCUT2D eigenvalue weighted by molar-refractivity contribution is 5.85. The Morgan fingerprint density at radius 1 is 1.42 bits per heavy atom. The number of carboxylic acid groups (broad SMARTS) is 1. The summed E-state index contributed by atoms with van der Waals surface area (Å²) in [4.78, 5) is 10.3. The van der Waals surface area contributed by atoms with Crippen molar-refractivity contribution in [2.75, 3.05) is 0 Å². The number of rotatable bonds is 4. The Morgan fingerprint density at radius 2 is 2.08 bits per heavy atom. The zero-order valence-corrected chi connectivity index (χ0v) is 7.45. The number of allylic oxidation sites excluding steroid dienone is 5. The second-order valence-electron chi connectivity index (χ2n) is 2.38. The number of hydrogen-bond donors (Lipinski definition) is 1. The van der Waals surface area contributed by atoms with E-state index in [0.717, 1.165) is 0 Å². The molecule has 0 bridgehead atoms. The molecular weight excluding hydrogens is 152 g/mol. The third kappa shape index (κ3) is 5.47. The first-order valence-corrected chi connectivity index (χ1v) is 3.86. The van der Waals surface area contributed by atoms with Gasteiger partial charge in [0.05, 0.1) is 0 Å². The van der Waals surface area contributed by atoms with Crippen LogP contribution in [-0.2, 0) is 4.79 Å². The van der Waals surface area contributed by atoms with Crippen molar-refractivity contribution < 1.29 is 9.90 Å². The number of aliphatic carboxylic acids is 1. The van der Waals surface area contributed by atoms with E-state index in [4.69, 9.17) is 5.11 Å². The maximum absolute atomic E-state index is 10.3. The molecule has 0 amide bonds. The minimum absolute atomic E-state index is 0.389. The largest absolute Gasteiger partial charge is 0.478 e. The summed E-state index contributed by atoms with van der Waals surface area (Å²) < 4.78 is 0. The van der Waals surface area contributed by atoms with Gasteiger partial charge in [-0.3, -0.25) is 0 Å². The van der Waals surface area contributed by atoms with Crippen LogP contribution in [0.5, 0.6) is 0 Å². The maximum atomic E-state index is 10.3. The number of carboxylic acids is 1. The summed E-state index contributed by atoms with van der Waals surface area (Å²) in [5, 5.41) is 8.48. The second-order valence-corrected chi connectivity index (χ2v) is 2.38. The van der Waals surface area contributed by atoms with Gasteiger partial charge in [-0.05, 0) is 20.3 Å².